The Kier molecular flexibility index (Phi) is 9.48. The van der Waals surface area contributed by atoms with Crippen LogP contribution in [0.5, 0.6) is 0 Å². The van der Waals surface area contributed by atoms with Gasteiger partial charge in [-0.1, -0.05) is 0 Å². The largest absolute Gasteiger partial charge is 0.423 e. The molecule has 38 heavy (non-hydrogen) atoms. The van der Waals surface area contributed by atoms with Crippen molar-refractivity contribution in [3.05, 3.63) is 40.1 Å². The number of alkyl halides is 6. The van der Waals surface area contributed by atoms with Gasteiger partial charge in [-0.05, 0) is 6.42 Å². The number of nitrogens with zero attached hydrogens (tertiary/aromatic N) is 5. The van der Waals surface area contributed by atoms with Gasteiger partial charge in [-0.15, -0.1) is 0 Å². The molecule has 1 amide bonds. The Labute approximate surface area is 211 Å². The van der Waals surface area contributed by atoms with Crippen molar-refractivity contribution in [2.45, 2.75) is 31.2 Å². The van der Waals surface area contributed by atoms with Crippen LogP contribution in [0.4, 0.5) is 38.0 Å². The fourth-order valence-electron chi connectivity index (χ4n) is 3.69. The van der Waals surface area contributed by atoms with Crippen LogP contribution in [-0.4, -0.2) is 88.1 Å². The van der Waals surface area contributed by atoms with Gasteiger partial charge in [0.1, 0.15) is 5.56 Å². The van der Waals surface area contributed by atoms with Gasteiger partial charge in [-0.2, -0.15) is 31.4 Å². The summed E-state index contributed by atoms with van der Waals surface area (Å²) in [5.41, 5.74) is -4.39. The molecular formula is C21H25F6N7O4. The van der Waals surface area contributed by atoms with Crippen LogP contribution in [0.25, 0.3) is 0 Å². The number of carbonyl (C=O) groups is 1. The Morgan fingerprint density at radius 1 is 1.08 bits per heavy atom. The number of anilines is 2. The molecule has 3 heterocycles. The Morgan fingerprint density at radius 3 is 2.32 bits per heavy atom. The monoisotopic (exact) mass is 553 g/mol. The van der Waals surface area contributed by atoms with Crippen LogP contribution in [0.3, 0.4) is 0 Å². The summed E-state index contributed by atoms with van der Waals surface area (Å²) in [6, 6.07) is -0.799. The number of halogens is 6. The molecule has 1 aliphatic rings. The topological polar surface area (TPSA) is 137 Å². The number of nitrogens with one attached hydrogen (secondary N) is 2. The van der Waals surface area contributed by atoms with Gasteiger partial charge in [0.2, 0.25) is 11.9 Å². The maximum atomic E-state index is 13.2. The van der Waals surface area contributed by atoms with Gasteiger partial charge < -0.3 is 25.0 Å². The standard InChI is InChI=1S/C21H25F6N7O4/c22-20(23,24)13-9-28-19(29-10-13)34-5-3-33(4-6-34)16(36)2-8-38-12-14(1-7-35)31-15-11-30-32-18(37)17(15)21(25,26)27/h9-11,14,35H,1-8,12H2,(H2,31,32,37). The average Bonchev–Trinajstić information content (AvgIpc) is 2.85. The van der Waals surface area contributed by atoms with E-state index in [1.165, 1.54) is 0 Å². The second-order valence-electron chi connectivity index (χ2n) is 8.30. The van der Waals surface area contributed by atoms with E-state index in [0.717, 1.165) is 6.20 Å². The van der Waals surface area contributed by atoms with Crippen LogP contribution in [0.2, 0.25) is 0 Å². The average molecular weight is 553 g/mol. The fourth-order valence-corrected chi connectivity index (χ4v) is 3.69. The first kappa shape index (κ1) is 29.1. The van der Waals surface area contributed by atoms with E-state index in [9.17, 15) is 41.0 Å². The number of H-pyrrole nitrogens is 1. The van der Waals surface area contributed by atoms with E-state index in [1.54, 1.807) is 14.9 Å². The summed E-state index contributed by atoms with van der Waals surface area (Å²) < 4.78 is 83.1. The quantitative estimate of drug-likeness (QED) is 0.296. The van der Waals surface area contributed by atoms with Gasteiger partial charge in [-0.25, -0.2) is 15.1 Å². The van der Waals surface area contributed by atoms with Crippen molar-refractivity contribution in [2.75, 3.05) is 56.2 Å². The predicted octanol–water partition coefficient (Wildman–Crippen LogP) is 1.52. The maximum absolute atomic E-state index is 13.2. The highest BCUT2D eigenvalue weighted by Crippen LogP contribution is 2.32. The summed E-state index contributed by atoms with van der Waals surface area (Å²) in [6.45, 7) is 0.617. The summed E-state index contributed by atoms with van der Waals surface area (Å²) in [7, 11) is 0. The number of carbonyl (C=O) groups excluding carboxylic acids is 1. The third kappa shape index (κ3) is 7.77. The van der Waals surface area contributed by atoms with Crippen molar-refractivity contribution in [1.82, 2.24) is 25.1 Å². The number of hydrogen-bond donors (Lipinski definition) is 3. The Balaban J connectivity index is 1.45. The van der Waals surface area contributed by atoms with E-state index < -0.39 is 40.8 Å². The minimum absolute atomic E-state index is 0.00598. The van der Waals surface area contributed by atoms with Crippen LogP contribution >= 0.6 is 0 Å². The SMILES string of the molecule is O=C(CCOCC(CCO)Nc1cn[nH]c(=O)c1C(F)(F)F)N1CCN(c2ncc(C(F)(F)F)cn2)CC1. The van der Waals surface area contributed by atoms with Crippen molar-refractivity contribution in [3.63, 3.8) is 0 Å². The Bertz CT molecular complexity index is 1120. The minimum atomic E-state index is -4.93. The number of aromatic amines is 1. The highest BCUT2D eigenvalue weighted by molar-refractivity contribution is 5.76. The highest BCUT2D eigenvalue weighted by atomic mass is 19.4. The summed E-state index contributed by atoms with van der Waals surface area (Å²) in [6.07, 6.45) is -7.27. The summed E-state index contributed by atoms with van der Waals surface area (Å²) in [5.74, 6) is -0.122. The minimum Gasteiger partial charge on any atom is -0.396 e. The first-order chi connectivity index (χ1) is 17.9. The second-order valence-corrected chi connectivity index (χ2v) is 8.30. The molecule has 210 valence electrons. The number of ether oxygens (including phenoxy) is 1. The number of amides is 1. The number of piperazine rings is 1. The van der Waals surface area contributed by atoms with Gasteiger partial charge in [-0.3, -0.25) is 9.59 Å². The maximum Gasteiger partial charge on any atom is 0.423 e. The van der Waals surface area contributed by atoms with Crippen LogP contribution < -0.4 is 15.8 Å². The van der Waals surface area contributed by atoms with Crippen molar-refractivity contribution in [3.8, 4) is 0 Å². The lowest BCUT2D eigenvalue weighted by molar-refractivity contribution is -0.139. The van der Waals surface area contributed by atoms with E-state index in [2.05, 4.69) is 20.4 Å². The van der Waals surface area contributed by atoms with Crippen LogP contribution in [0, 0.1) is 0 Å². The zero-order valence-electron chi connectivity index (χ0n) is 19.8. The van der Waals surface area contributed by atoms with Gasteiger partial charge >= 0.3 is 12.4 Å². The second kappa shape index (κ2) is 12.4. The molecule has 0 spiro atoms. The molecule has 17 heteroatoms. The Morgan fingerprint density at radius 2 is 1.74 bits per heavy atom. The third-order valence-corrected chi connectivity index (χ3v) is 5.64. The molecule has 0 aliphatic carbocycles. The number of aliphatic hydroxyl groups is 1. The lowest BCUT2D eigenvalue weighted by atomic mass is 10.2. The lowest BCUT2D eigenvalue weighted by Gasteiger charge is -2.34. The highest BCUT2D eigenvalue weighted by Gasteiger charge is 2.38. The molecule has 1 aliphatic heterocycles. The molecule has 0 aromatic carbocycles. The van der Waals surface area contributed by atoms with Crippen LogP contribution in [0.15, 0.2) is 23.4 Å². The first-order valence-electron chi connectivity index (χ1n) is 11.4. The molecule has 3 N–H and O–H groups in total. The molecule has 1 atom stereocenters. The van der Waals surface area contributed by atoms with Gasteiger partial charge in [0.25, 0.3) is 5.56 Å². The molecule has 1 unspecified atom stereocenters. The molecule has 1 fully saturated rings. The summed E-state index contributed by atoms with van der Waals surface area (Å²) in [4.78, 5) is 34.8. The molecule has 0 bridgehead atoms. The lowest BCUT2D eigenvalue weighted by Crippen LogP contribution is -2.49. The molecule has 2 aromatic rings. The van der Waals surface area contributed by atoms with Crippen molar-refractivity contribution >= 4 is 17.5 Å². The Hall–Kier alpha value is -3.47. The van der Waals surface area contributed by atoms with Crippen molar-refractivity contribution in [1.29, 1.82) is 0 Å². The third-order valence-electron chi connectivity index (χ3n) is 5.64. The molecule has 11 nitrogen and oxygen atoms in total. The molecule has 0 radical (unpaired) electrons. The summed E-state index contributed by atoms with van der Waals surface area (Å²) in [5, 5.41) is 16.9. The van der Waals surface area contributed by atoms with Gasteiger partial charge in [0, 0.05) is 45.2 Å². The molecule has 2 aromatic heterocycles. The fraction of sp³-hybridized carbons (Fsp3) is 0.571. The van der Waals surface area contributed by atoms with Crippen molar-refractivity contribution in [2.24, 2.45) is 0 Å². The zero-order valence-corrected chi connectivity index (χ0v) is 19.8. The van der Waals surface area contributed by atoms with E-state index in [0.29, 0.717) is 25.5 Å². The number of aromatic nitrogens is 4. The van der Waals surface area contributed by atoms with Crippen molar-refractivity contribution < 1.29 is 41.0 Å². The smallest absolute Gasteiger partial charge is 0.396 e. The zero-order chi connectivity index (χ0) is 27.9. The van der Waals surface area contributed by atoms with Gasteiger partial charge in [0.05, 0.1) is 43.1 Å². The van der Waals surface area contributed by atoms with E-state index in [1.807, 2.05) is 0 Å². The molecule has 3 rings (SSSR count). The van der Waals surface area contributed by atoms with E-state index >= 15 is 0 Å². The normalized spacial score (nSPS) is 15.4. The molecule has 1 saturated heterocycles. The first-order valence-corrected chi connectivity index (χ1v) is 11.4. The number of rotatable bonds is 10. The van der Waals surface area contributed by atoms with E-state index in [4.69, 9.17) is 4.74 Å². The molecule has 0 saturated carbocycles. The van der Waals surface area contributed by atoms with Gasteiger partial charge in [0.15, 0.2) is 0 Å². The number of aliphatic hydroxyl groups excluding tert-OH is 1. The molecular weight excluding hydrogens is 528 g/mol. The number of hydrogen-bond acceptors (Lipinski definition) is 9. The summed E-state index contributed by atoms with van der Waals surface area (Å²) >= 11 is 0. The van der Waals surface area contributed by atoms with Crippen LogP contribution in [-0.2, 0) is 21.9 Å². The van der Waals surface area contributed by atoms with Crippen LogP contribution in [0.1, 0.15) is 24.0 Å². The predicted molar refractivity (Wildman–Crippen MR) is 120 cm³/mol. The van der Waals surface area contributed by atoms with E-state index in [-0.39, 0.29) is 57.6 Å².